The van der Waals surface area contributed by atoms with Crippen LogP contribution in [-0.4, -0.2) is 5.60 Å². The molecular weight excluding hydrogens is 246 g/mol. The Labute approximate surface area is 117 Å². The Morgan fingerprint density at radius 3 is 2.06 bits per heavy atom. The van der Waals surface area contributed by atoms with Gasteiger partial charge in [-0.2, -0.15) is 0 Å². The Balaban J connectivity index is 0.00000289. The number of benzene rings is 1. The molecule has 1 aromatic carbocycles. The van der Waals surface area contributed by atoms with Gasteiger partial charge in [0, 0.05) is 6.04 Å². The molecule has 2 N–H and O–H groups in total. The van der Waals surface area contributed by atoms with E-state index in [2.05, 4.69) is 26.0 Å². The Morgan fingerprint density at radius 1 is 1.17 bits per heavy atom. The minimum Gasteiger partial charge on any atom is -0.488 e. The lowest BCUT2D eigenvalue weighted by molar-refractivity contribution is 0.131. The van der Waals surface area contributed by atoms with Gasteiger partial charge in [0.1, 0.15) is 11.4 Å². The highest BCUT2D eigenvalue weighted by atomic mass is 35.5. The molecule has 0 saturated heterocycles. The van der Waals surface area contributed by atoms with Crippen molar-refractivity contribution in [1.29, 1.82) is 0 Å². The summed E-state index contributed by atoms with van der Waals surface area (Å²) in [5.74, 6) is 1.40. The molecule has 0 saturated carbocycles. The second-order valence-corrected chi connectivity index (χ2v) is 5.69. The van der Waals surface area contributed by atoms with Crippen LogP contribution in [-0.2, 0) is 0 Å². The van der Waals surface area contributed by atoms with Crippen LogP contribution in [0.5, 0.6) is 5.75 Å². The highest BCUT2D eigenvalue weighted by Gasteiger charge is 2.14. The Bertz CT molecular complexity index is 343. The summed E-state index contributed by atoms with van der Waals surface area (Å²) >= 11 is 0. The van der Waals surface area contributed by atoms with Crippen LogP contribution < -0.4 is 10.5 Å². The second-order valence-electron chi connectivity index (χ2n) is 5.69. The van der Waals surface area contributed by atoms with E-state index < -0.39 is 0 Å². The van der Waals surface area contributed by atoms with E-state index in [4.69, 9.17) is 10.5 Å². The topological polar surface area (TPSA) is 35.2 Å². The Kier molecular flexibility index (Phi) is 6.72. The number of hydrogen-bond donors (Lipinski definition) is 1. The number of rotatable bonds is 4. The van der Waals surface area contributed by atoms with Gasteiger partial charge in [-0.3, -0.25) is 0 Å². The summed E-state index contributed by atoms with van der Waals surface area (Å²) in [5, 5.41) is 0. The molecule has 0 radical (unpaired) electrons. The molecular formula is C15H26ClNO. The Hall–Kier alpha value is -0.730. The van der Waals surface area contributed by atoms with Gasteiger partial charge in [0.15, 0.2) is 0 Å². The van der Waals surface area contributed by atoms with E-state index in [1.54, 1.807) is 0 Å². The average molecular weight is 272 g/mol. The van der Waals surface area contributed by atoms with E-state index >= 15 is 0 Å². The van der Waals surface area contributed by atoms with Gasteiger partial charge in [0.2, 0.25) is 0 Å². The van der Waals surface area contributed by atoms with Crippen molar-refractivity contribution in [2.75, 3.05) is 0 Å². The van der Waals surface area contributed by atoms with Crippen LogP contribution in [0.15, 0.2) is 24.3 Å². The Morgan fingerprint density at radius 2 is 1.67 bits per heavy atom. The third-order valence-electron chi connectivity index (χ3n) is 2.95. The van der Waals surface area contributed by atoms with E-state index in [1.165, 1.54) is 5.56 Å². The van der Waals surface area contributed by atoms with Crippen LogP contribution in [0, 0.1) is 5.92 Å². The molecule has 0 bridgehead atoms. The molecule has 0 aliphatic carbocycles. The smallest absolute Gasteiger partial charge is 0.120 e. The third kappa shape index (κ3) is 5.28. The van der Waals surface area contributed by atoms with Gasteiger partial charge in [-0.1, -0.05) is 32.4 Å². The predicted molar refractivity (Wildman–Crippen MR) is 80.5 cm³/mol. The van der Waals surface area contributed by atoms with Gasteiger partial charge in [-0.15, -0.1) is 12.4 Å². The van der Waals surface area contributed by atoms with Crippen molar-refractivity contribution in [3.05, 3.63) is 29.8 Å². The highest BCUT2D eigenvalue weighted by Crippen LogP contribution is 2.25. The number of hydrogen-bond acceptors (Lipinski definition) is 2. The van der Waals surface area contributed by atoms with Crippen molar-refractivity contribution in [2.24, 2.45) is 11.7 Å². The van der Waals surface area contributed by atoms with Crippen molar-refractivity contribution >= 4 is 12.4 Å². The van der Waals surface area contributed by atoms with Gasteiger partial charge in [-0.25, -0.2) is 0 Å². The van der Waals surface area contributed by atoms with Crippen molar-refractivity contribution in [3.8, 4) is 5.75 Å². The fourth-order valence-corrected chi connectivity index (χ4v) is 1.69. The van der Waals surface area contributed by atoms with Gasteiger partial charge in [-0.05, 0) is 44.4 Å². The van der Waals surface area contributed by atoms with Crippen molar-refractivity contribution in [3.63, 3.8) is 0 Å². The van der Waals surface area contributed by atoms with Crippen LogP contribution >= 0.6 is 12.4 Å². The van der Waals surface area contributed by atoms with E-state index in [1.807, 2.05) is 32.9 Å². The van der Waals surface area contributed by atoms with Crippen LogP contribution in [0.3, 0.4) is 0 Å². The van der Waals surface area contributed by atoms with Gasteiger partial charge >= 0.3 is 0 Å². The molecule has 0 amide bonds. The summed E-state index contributed by atoms with van der Waals surface area (Å²) < 4.78 is 5.78. The van der Waals surface area contributed by atoms with Crippen LogP contribution in [0.25, 0.3) is 0 Å². The molecule has 0 fully saturated rings. The van der Waals surface area contributed by atoms with E-state index in [-0.39, 0.29) is 24.0 Å². The minimum atomic E-state index is -0.152. The van der Waals surface area contributed by atoms with Gasteiger partial charge in [0.25, 0.3) is 0 Å². The lowest BCUT2D eigenvalue weighted by Crippen LogP contribution is -2.23. The zero-order chi connectivity index (χ0) is 13.1. The molecule has 0 heterocycles. The molecule has 2 atom stereocenters. The van der Waals surface area contributed by atoms with E-state index in [0.717, 1.165) is 12.2 Å². The summed E-state index contributed by atoms with van der Waals surface area (Å²) in [6.07, 6.45) is 1.10. The molecule has 2 nitrogen and oxygen atoms in total. The van der Waals surface area contributed by atoms with Crippen LogP contribution in [0.4, 0.5) is 0 Å². The molecule has 1 unspecified atom stereocenters. The van der Waals surface area contributed by atoms with Crippen molar-refractivity contribution in [1.82, 2.24) is 0 Å². The van der Waals surface area contributed by atoms with Crippen LogP contribution in [0.1, 0.15) is 52.6 Å². The average Bonchev–Trinajstić information content (AvgIpc) is 2.26. The normalized spacial score (nSPS) is 14.6. The fourth-order valence-electron chi connectivity index (χ4n) is 1.69. The zero-order valence-electron chi connectivity index (χ0n) is 12.1. The third-order valence-corrected chi connectivity index (χ3v) is 2.95. The zero-order valence-corrected chi connectivity index (χ0v) is 12.9. The van der Waals surface area contributed by atoms with Gasteiger partial charge in [0.05, 0.1) is 0 Å². The van der Waals surface area contributed by atoms with Crippen molar-refractivity contribution < 1.29 is 4.74 Å². The second kappa shape index (κ2) is 7.01. The first-order valence-electron chi connectivity index (χ1n) is 6.38. The molecule has 1 rings (SSSR count). The highest BCUT2D eigenvalue weighted by molar-refractivity contribution is 5.85. The number of ether oxygens (including phenoxy) is 1. The standard InChI is InChI=1S/C15H25NO.ClH/c1-6-11(2)14(16)12-7-9-13(10-8-12)17-15(3,4)5;/h7-11,14H,6,16H2,1-5H3;1H/t11?,14-;/m1./s1. The fraction of sp³-hybridized carbons (Fsp3) is 0.600. The van der Waals surface area contributed by atoms with Crippen molar-refractivity contribution in [2.45, 2.75) is 52.7 Å². The first-order valence-corrected chi connectivity index (χ1v) is 6.38. The SMILES string of the molecule is CCC(C)[C@@H](N)c1ccc(OC(C)(C)C)cc1.Cl. The van der Waals surface area contributed by atoms with Crippen LogP contribution in [0.2, 0.25) is 0 Å². The van der Waals surface area contributed by atoms with Gasteiger partial charge < -0.3 is 10.5 Å². The lowest BCUT2D eigenvalue weighted by atomic mass is 9.93. The van der Waals surface area contributed by atoms with E-state index in [9.17, 15) is 0 Å². The maximum absolute atomic E-state index is 6.19. The number of halogens is 1. The largest absolute Gasteiger partial charge is 0.488 e. The predicted octanol–water partition coefficient (Wildman–Crippen LogP) is 4.33. The monoisotopic (exact) mass is 271 g/mol. The maximum atomic E-state index is 6.19. The summed E-state index contributed by atoms with van der Waals surface area (Å²) in [6.45, 7) is 10.5. The molecule has 0 aliphatic rings. The molecule has 0 aromatic heterocycles. The van der Waals surface area contributed by atoms with E-state index in [0.29, 0.717) is 5.92 Å². The molecule has 0 aliphatic heterocycles. The minimum absolute atomic E-state index is 0. The molecule has 104 valence electrons. The molecule has 18 heavy (non-hydrogen) atoms. The first-order chi connectivity index (χ1) is 7.83. The summed E-state index contributed by atoms with van der Waals surface area (Å²) in [5.41, 5.74) is 7.21. The molecule has 0 spiro atoms. The maximum Gasteiger partial charge on any atom is 0.120 e. The number of nitrogens with two attached hydrogens (primary N) is 1. The quantitative estimate of drug-likeness (QED) is 0.885. The lowest BCUT2D eigenvalue weighted by Gasteiger charge is -2.22. The first kappa shape index (κ1) is 17.3. The molecule has 1 aromatic rings. The summed E-state index contributed by atoms with van der Waals surface area (Å²) in [4.78, 5) is 0. The summed E-state index contributed by atoms with van der Waals surface area (Å²) in [7, 11) is 0. The molecule has 3 heteroatoms. The summed E-state index contributed by atoms with van der Waals surface area (Å²) in [6, 6.07) is 8.25.